The Labute approximate surface area is 128 Å². The Balaban J connectivity index is 1.81. The molecule has 0 aliphatic heterocycles. The van der Waals surface area contributed by atoms with E-state index in [1.165, 1.54) is 12.0 Å². The van der Waals surface area contributed by atoms with Crippen molar-refractivity contribution in [3.8, 4) is 0 Å². The molecule has 0 aromatic heterocycles. The highest BCUT2D eigenvalue weighted by molar-refractivity contribution is 5.86. The largest absolute Gasteiger partial charge is 0.352 e. The number of hydrogen-bond donors (Lipinski definition) is 2. The van der Waals surface area contributed by atoms with Crippen molar-refractivity contribution in [1.29, 1.82) is 0 Å². The van der Waals surface area contributed by atoms with Gasteiger partial charge in [0, 0.05) is 6.04 Å². The number of nitrogens with one attached hydrogen (secondary N) is 1. The molecule has 116 valence electrons. The van der Waals surface area contributed by atoms with Gasteiger partial charge >= 0.3 is 0 Å². The van der Waals surface area contributed by atoms with E-state index in [0.29, 0.717) is 5.92 Å². The van der Waals surface area contributed by atoms with Crippen LogP contribution in [0.15, 0.2) is 30.3 Å². The first-order chi connectivity index (χ1) is 9.99. The smallest absolute Gasteiger partial charge is 0.240 e. The number of rotatable bonds is 5. The quantitative estimate of drug-likeness (QED) is 0.875. The number of amides is 1. The summed E-state index contributed by atoms with van der Waals surface area (Å²) in [5.41, 5.74) is 6.99. The SMILES string of the molecule is CC1CCCC(N)(C(=O)NC(C)CCc2ccccc2)C1. The van der Waals surface area contributed by atoms with Crippen molar-refractivity contribution < 1.29 is 4.79 Å². The molecule has 2 rings (SSSR count). The molecule has 0 radical (unpaired) electrons. The zero-order valence-corrected chi connectivity index (χ0v) is 13.3. The third-order valence-electron chi connectivity index (χ3n) is 4.57. The Morgan fingerprint density at radius 1 is 1.43 bits per heavy atom. The van der Waals surface area contributed by atoms with Gasteiger partial charge in [-0.1, -0.05) is 50.1 Å². The van der Waals surface area contributed by atoms with Crippen LogP contribution in [0.5, 0.6) is 0 Å². The molecule has 3 heteroatoms. The van der Waals surface area contributed by atoms with Crippen LogP contribution < -0.4 is 11.1 Å². The zero-order valence-electron chi connectivity index (χ0n) is 13.3. The van der Waals surface area contributed by atoms with Crippen LogP contribution in [0, 0.1) is 5.92 Å². The van der Waals surface area contributed by atoms with Gasteiger partial charge < -0.3 is 11.1 Å². The van der Waals surface area contributed by atoms with E-state index in [9.17, 15) is 4.79 Å². The molecule has 1 aliphatic rings. The second kappa shape index (κ2) is 7.08. The van der Waals surface area contributed by atoms with Crippen LogP contribution in [0.3, 0.4) is 0 Å². The van der Waals surface area contributed by atoms with Gasteiger partial charge in [-0.2, -0.15) is 0 Å². The van der Waals surface area contributed by atoms with E-state index in [1.54, 1.807) is 0 Å². The Morgan fingerprint density at radius 2 is 2.14 bits per heavy atom. The molecule has 1 amide bonds. The molecule has 0 bridgehead atoms. The lowest BCUT2D eigenvalue weighted by atomic mass is 9.76. The van der Waals surface area contributed by atoms with Crippen LogP contribution in [0.1, 0.15) is 51.5 Å². The lowest BCUT2D eigenvalue weighted by Gasteiger charge is -2.36. The fourth-order valence-corrected chi connectivity index (χ4v) is 3.27. The second-order valence-corrected chi connectivity index (χ2v) is 6.76. The molecule has 0 heterocycles. The summed E-state index contributed by atoms with van der Waals surface area (Å²) >= 11 is 0. The first kappa shape index (κ1) is 16.0. The van der Waals surface area contributed by atoms with Crippen molar-refractivity contribution in [2.75, 3.05) is 0 Å². The van der Waals surface area contributed by atoms with Crippen molar-refractivity contribution in [3.63, 3.8) is 0 Å². The van der Waals surface area contributed by atoms with Gasteiger partial charge in [0.15, 0.2) is 0 Å². The molecule has 3 atom stereocenters. The predicted molar refractivity (Wildman–Crippen MR) is 86.9 cm³/mol. The van der Waals surface area contributed by atoms with E-state index >= 15 is 0 Å². The molecule has 1 aromatic rings. The fourth-order valence-electron chi connectivity index (χ4n) is 3.27. The van der Waals surface area contributed by atoms with Gasteiger partial charge in [-0.25, -0.2) is 0 Å². The van der Waals surface area contributed by atoms with Gasteiger partial charge in [0.05, 0.1) is 5.54 Å². The molecule has 0 spiro atoms. The molecule has 3 nitrogen and oxygen atoms in total. The summed E-state index contributed by atoms with van der Waals surface area (Å²) in [6, 6.07) is 10.5. The van der Waals surface area contributed by atoms with E-state index in [2.05, 4.69) is 43.4 Å². The van der Waals surface area contributed by atoms with Crippen LogP contribution in [0.4, 0.5) is 0 Å². The number of carbonyl (C=O) groups excluding carboxylic acids is 1. The number of aryl methyl sites for hydroxylation is 1. The average Bonchev–Trinajstić information content (AvgIpc) is 2.46. The Bertz CT molecular complexity index is 460. The van der Waals surface area contributed by atoms with Gasteiger partial charge in [0.25, 0.3) is 0 Å². The van der Waals surface area contributed by atoms with Gasteiger partial charge in [0.1, 0.15) is 0 Å². The lowest BCUT2D eigenvalue weighted by Crippen LogP contribution is -2.57. The van der Waals surface area contributed by atoms with Crippen molar-refractivity contribution in [2.24, 2.45) is 11.7 Å². The highest BCUT2D eigenvalue weighted by atomic mass is 16.2. The van der Waals surface area contributed by atoms with E-state index in [4.69, 9.17) is 5.73 Å². The summed E-state index contributed by atoms with van der Waals surface area (Å²) in [6.07, 6.45) is 5.80. The summed E-state index contributed by atoms with van der Waals surface area (Å²) in [5, 5.41) is 3.12. The normalized spacial score (nSPS) is 27.1. The highest BCUT2D eigenvalue weighted by Crippen LogP contribution is 2.30. The fraction of sp³-hybridized carbons (Fsp3) is 0.611. The Kier molecular flexibility index (Phi) is 5.40. The molecule has 1 fully saturated rings. The van der Waals surface area contributed by atoms with Crippen LogP contribution in [-0.2, 0) is 11.2 Å². The molecule has 0 saturated heterocycles. The van der Waals surface area contributed by atoms with Crippen LogP contribution in [0.2, 0.25) is 0 Å². The third kappa shape index (κ3) is 4.57. The van der Waals surface area contributed by atoms with E-state index in [-0.39, 0.29) is 11.9 Å². The minimum atomic E-state index is -0.654. The molecule has 1 saturated carbocycles. The molecular formula is C18H28N2O. The number of hydrogen-bond acceptors (Lipinski definition) is 2. The molecular weight excluding hydrogens is 260 g/mol. The van der Waals surface area contributed by atoms with Crippen molar-refractivity contribution in [1.82, 2.24) is 5.32 Å². The molecule has 21 heavy (non-hydrogen) atoms. The topological polar surface area (TPSA) is 55.1 Å². The van der Waals surface area contributed by atoms with Crippen molar-refractivity contribution in [3.05, 3.63) is 35.9 Å². The van der Waals surface area contributed by atoms with Gasteiger partial charge in [0.2, 0.25) is 5.91 Å². The summed E-state index contributed by atoms with van der Waals surface area (Å²) < 4.78 is 0. The minimum Gasteiger partial charge on any atom is -0.352 e. The monoisotopic (exact) mass is 288 g/mol. The molecule has 1 aromatic carbocycles. The van der Waals surface area contributed by atoms with Crippen molar-refractivity contribution >= 4 is 5.91 Å². The minimum absolute atomic E-state index is 0.0367. The second-order valence-electron chi connectivity index (χ2n) is 6.76. The van der Waals surface area contributed by atoms with E-state index < -0.39 is 5.54 Å². The number of carbonyl (C=O) groups is 1. The van der Waals surface area contributed by atoms with Gasteiger partial charge in [-0.05, 0) is 44.1 Å². The first-order valence-corrected chi connectivity index (χ1v) is 8.13. The Hall–Kier alpha value is -1.35. The Morgan fingerprint density at radius 3 is 2.81 bits per heavy atom. The van der Waals surface area contributed by atoms with E-state index in [0.717, 1.165) is 32.1 Å². The summed E-state index contributed by atoms with van der Waals surface area (Å²) in [6.45, 7) is 4.25. The van der Waals surface area contributed by atoms with Gasteiger partial charge in [-0.3, -0.25) is 4.79 Å². The molecule has 3 N–H and O–H groups in total. The third-order valence-corrected chi connectivity index (χ3v) is 4.57. The standard InChI is InChI=1S/C18H28N2O/c1-14-7-6-12-18(19,13-14)17(21)20-15(2)10-11-16-8-4-3-5-9-16/h3-5,8-9,14-15H,6-7,10-13,19H2,1-2H3,(H,20,21). The number of benzene rings is 1. The average molecular weight is 288 g/mol. The van der Waals surface area contributed by atoms with Gasteiger partial charge in [-0.15, -0.1) is 0 Å². The highest BCUT2D eigenvalue weighted by Gasteiger charge is 2.38. The predicted octanol–water partition coefficient (Wildman–Crippen LogP) is 3.03. The summed E-state index contributed by atoms with van der Waals surface area (Å²) in [7, 11) is 0. The molecule has 3 unspecified atom stereocenters. The summed E-state index contributed by atoms with van der Waals surface area (Å²) in [5.74, 6) is 0.587. The maximum absolute atomic E-state index is 12.5. The van der Waals surface area contributed by atoms with Crippen LogP contribution in [-0.4, -0.2) is 17.5 Å². The summed E-state index contributed by atoms with van der Waals surface area (Å²) in [4.78, 5) is 12.5. The van der Waals surface area contributed by atoms with Crippen molar-refractivity contribution in [2.45, 2.75) is 64.0 Å². The lowest BCUT2D eigenvalue weighted by molar-refractivity contribution is -0.128. The van der Waals surface area contributed by atoms with Crippen LogP contribution in [0.25, 0.3) is 0 Å². The molecule has 1 aliphatic carbocycles. The number of nitrogens with two attached hydrogens (primary N) is 1. The van der Waals surface area contributed by atoms with E-state index in [1.807, 2.05) is 6.07 Å². The maximum Gasteiger partial charge on any atom is 0.240 e. The zero-order chi connectivity index (χ0) is 15.3. The maximum atomic E-state index is 12.5. The van der Waals surface area contributed by atoms with Crippen LogP contribution >= 0.6 is 0 Å². The first-order valence-electron chi connectivity index (χ1n) is 8.13.